The fourth-order valence-corrected chi connectivity index (χ4v) is 4.26. The average molecular weight is 438 g/mol. The van der Waals surface area contributed by atoms with Crippen LogP contribution in [0.5, 0.6) is 0 Å². The van der Waals surface area contributed by atoms with E-state index >= 15 is 0 Å². The molecule has 166 valence electrons. The standard InChI is InChI=1S/C27H27N5O/c1-31-14-16-32(17-15-31)26-13-12-25(29-30-26)22-9-5-10-23(18-22)28-27(33)19-21-8-4-7-20-6-2-3-11-24(20)21/h2-13,18H,14-17,19H2,1H3,(H,28,33). The number of anilines is 2. The van der Waals surface area contributed by atoms with Gasteiger partial charge in [-0.15, -0.1) is 10.2 Å². The number of likely N-dealkylation sites (N-methyl/N-ethyl adjacent to an activating group) is 1. The lowest BCUT2D eigenvalue weighted by molar-refractivity contribution is -0.115. The van der Waals surface area contributed by atoms with E-state index in [2.05, 4.69) is 50.6 Å². The minimum atomic E-state index is -0.0417. The quantitative estimate of drug-likeness (QED) is 0.506. The molecule has 33 heavy (non-hydrogen) atoms. The van der Waals surface area contributed by atoms with Crippen LogP contribution in [-0.4, -0.2) is 54.2 Å². The number of carbonyl (C=O) groups is 1. The van der Waals surface area contributed by atoms with Gasteiger partial charge in [0.1, 0.15) is 0 Å². The van der Waals surface area contributed by atoms with Crippen molar-refractivity contribution in [2.24, 2.45) is 0 Å². The molecule has 0 saturated carbocycles. The molecule has 1 N–H and O–H groups in total. The average Bonchev–Trinajstić information content (AvgIpc) is 2.85. The maximum atomic E-state index is 12.8. The molecule has 6 nitrogen and oxygen atoms in total. The lowest BCUT2D eigenvalue weighted by Crippen LogP contribution is -2.44. The van der Waals surface area contributed by atoms with Gasteiger partial charge in [0.05, 0.1) is 12.1 Å². The third kappa shape index (κ3) is 4.86. The second-order valence-electron chi connectivity index (χ2n) is 8.51. The van der Waals surface area contributed by atoms with Gasteiger partial charge in [-0.25, -0.2) is 0 Å². The molecule has 0 radical (unpaired) electrons. The van der Waals surface area contributed by atoms with Gasteiger partial charge in [-0.2, -0.15) is 0 Å². The molecule has 1 aromatic heterocycles. The van der Waals surface area contributed by atoms with Crippen LogP contribution in [0, 0.1) is 0 Å². The van der Waals surface area contributed by atoms with Crippen molar-refractivity contribution >= 4 is 28.2 Å². The number of rotatable bonds is 5. The first-order valence-corrected chi connectivity index (χ1v) is 11.3. The summed E-state index contributed by atoms with van der Waals surface area (Å²) in [5, 5.41) is 14.2. The van der Waals surface area contributed by atoms with Crippen LogP contribution in [-0.2, 0) is 11.2 Å². The van der Waals surface area contributed by atoms with E-state index in [-0.39, 0.29) is 5.91 Å². The fraction of sp³-hybridized carbons (Fsp3) is 0.222. The second-order valence-corrected chi connectivity index (χ2v) is 8.51. The maximum Gasteiger partial charge on any atom is 0.228 e. The van der Waals surface area contributed by atoms with Crippen LogP contribution in [0.15, 0.2) is 78.9 Å². The molecule has 1 aliphatic rings. The normalized spacial score (nSPS) is 14.4. The van der Waals surface area contributed by atoms with Crippen molar-refractivity contribution in [1.29, 1.82) is 0 Å². The van der Waals surface area contributed by atoms with E-state index in [1.807, 2.05) is 60.7 Å². The van der Waals surface area contributed by atoms with Crippen molar-refractivity contribution in [3.63, 3.8) is 0 Å². The number of carbonyl (C=O) groups excluding carboxylic acids is 1. The first-order chi connectivity index (χ1) is 16.2. The minimum Gasteiger partial charge on any atom is -0.353 e. The van der Waals surface area contributed by atoms with E-state index in [0.29, 0.717) is 6.42 Å². The minimum absolute atomic E-state index is 0.0417. The zero-order chi connectivity index (χ0) is 22.6. The fourth-order valence-electron chi connectivity index (χ4n) is 4.26. The van der Waals surface area contributed by atoms with Gasteiger partial charge in [0.2, 0.25) is 5.91 Å². The van der Waals surface area contributed by atoms with Crippen LogP contribution in [0.3, 0.4) is 0 Å². The first kappa shape index (κ1) is 21.1. The summed E-state index contributed by atoms with van der Waals surface area (Å²) >= 11 is 0. The van der Waals surface area contributed by atoms with Crippen molar-refractivity contribution in [1.82, 2.24) is 15.1 Å². The summed E-state index contributed by atoms with van der Waals surface area (Å²) < 4.78 is 0. The van der Waals surface area contributed by atoms with E-state index in [9.17, 15) is 4.79 Å². The number of fused-ring (bicyclic) bond motifs is 1. The van der Waals surface area contributed by atoms with Gasteiger partial charge in [-0.3, -0.25) is 4.79 Å². The number of hydrogen-bond acceptors (Lipinski definition) is 5. The second kappa shape index (κ2) is 9.38. The van der Waals surface area contributed by atoms with Gasteiger partial charge in [0.15, 0.2) is 5.82 Å². The van der Waals surface area contributed by atoms with Crippen LogP contribution in [0.25, 0.3) is 22.0 Å². The Morgan fingerprint density at radius 2 is 1.67 bits per heavy atom. The van der Waals surface area contributed by atoms with Crippen LogP contribution in [0.4, 0.5) is 11.5 Å². The number of hydrogen-bond donors (Lipinski definition) is 1. The van der Waals surface area contributed by atoms with Crippen molar-refractivity contribution in [3.8, 4) is 11.3 Å². The van der Waals surface area contributed by atoms with Gasteiger partial charge >= 0.3 is 0 Å². The third-order valence-corrected chi connectivity index (χ3v) is 6.15. The highest BCUT2D eigenvalue weighted by Gasteiger charge is 2.16. The highest BCUT2D eigenvalue weighted by Crippen LogP contribution is 2.23. The molecule has 1 amide bonds. The molecule has 0 atom stereocenters. The van der Waals surface area contributed by atoms with Crippen LogP contribution < -0.4 is 10.2 Å². The van der Waals surface area contributed by atoms with Gasteiger partial charge in [0.25, 0.3) is 0 Å². The number of nitrogens with zero attached hydrogens (tertiary/aromatic N) is 4. The summed E-state index contributed by atoms with van der Waals surface area (Å²) in [6.45, 7) is 3.99. The highest BCUT2D eigenvalue weighted by molar-refractivity contribution is 5.96. The van der Waals surface area contributed by atoms with Gasteiger partial charge in [-0.1, -0.05) is 54.6 Å². The summed E-state index contributed by atoms with van der Waals surface area (Å²) in [6.07, 6.45) is 0.325. The Kier molecular flexibility index (Phi) is 6.00. The van der Waals surface area contributed by atoms with Crippen molar-refractivity contribution in [3.05, 3.63) is 84.4 Å². The summed E-state index contributed by atoms with van der Waals surface area (Å²) in [5.41, 5.74) is 3.49. The molecule has 1 aliphatic heterocycles. The van der Waals surface area contributed by atoms with Crippen molar-refractivity contribution in [2.45, 2.75) is 6.42 Å². The smallest absolute Gasteiger partial charge is 0.228 e. The number of piperazine rings is 1. The van der Waals surface area contributed by atoms with Crippen molar-refractivity contribution in [2.75, 3.05) is 43.4 Å². The topological polar surface area (TPSA) is 61.4 Å². The molecule has 2 heterocycles. The van der Waals surface area contributed by atoms with E-state index < -0.39 is 0 Å². The molecule has 3 aromatic carbocycles. The Hall–Kier alpha value is -3.77. The summed E-state index contributed by atoms with van der Waals surface area (Å²) in [6, 6.07) is 26.0. The SMILES string of the molecule is CN1CCN(c2ccc(-c3cccc(NC(=O)Cc4cccc5ccccc45)c3)nn2)CC1. The molecule has 1 saturated heterocycles. The maximum absolute atomic E-state index is 12.8. The highest BCUT2D eigenvalue weighted by atomic mass is 16.1. The predicted octanol–water partition coefficient (Wildman–Crippen LogP) is 4.23. The summed E-state index contributed by atoms with van der Waals surface area (Å²) in [4.78, 5) is 17.4. The van der Waals surface area contributed by atoms with Crippen molar-refractivity contribution < 1.29 is 4.79 Å². The van der Waals surface area contributed by atoms with E-state index in [1.54, 1.807) is 0 Å². The lowest BCUT2D eigenvalue weighted by Gasteiger charge is -2.32. The molecule has 0 unspecified atom stereocenters. The first-order valence-electron chi connectivity index (χ1n) is 11.3. The zero-order valence-corrected chi connectivity index (χ0v) is 18.7. The zero-order valence-electron chi connectivity index (χ0n) is 18.7. The number of amides is 1. The Morgan fingerprint density at radius 3 is 2.48 bits per heavy atom. The third-order valence-electron chi connectivity index (χ3n) is 6.15. The molecule has 6 heteroatoms. The molecule has 0 spiro atoms. The van der Waals surface area contributed by atoms with Gasteiger partial charge in [-0.05, 0) is 47.6 Å². The lowest BCUT2D eigenvalue weighted by atomic mass is 10.0. The molecule has 0 aliphatic carbocycles. The molecular weight excluding hydrogens is 410 g/mol. The molecular formula is C27H27N5O. The Morgan fingerprint density at radius 1 is 0.879 bits per heavy atom. The van der Waals surface area contributed by atoms with E-state index in [4.69, 9.17) is 0 Å². The van der Waals surface area contributed by atoms with Crippen LogP contribution in [0.2, 0.25) is 0 Å². The van der Waals surface area contributed by atoms with Gasteiger partial charge < -0.3 is 15.1 Å². The predicted molar refractivity (Wildman–Crippen MR) is 133 cm³/mol. The largest absolute Gasteiger partial charge is 0.353 e. The Labute approximate surface area is 193 Å². The van der Waals surface area contributed by atoms with E-state index in [0.717, 1.165) is 65.3 Å². The van der Waals surface area contributed by atoms with E-state index in [1.165, 1.54) is 0 Å². The summed E-state index contributed by atoms with van der Waals surface area (Å²) in [5.74, 6) is 0.867. The number of nitrogens with one attached hydrogen (secondary N) is 1. The molecule has 1 fully saturated rings. The number of benzene rings is 3. The summed E-state index contributed by atoms with van der Waals surface area (Å²) in [7, 11) is 2.14. The number of aromatic nitrogens is 2. The molecule has 0 bridgehead atoms. The molecule has 4 aromatic rings. The van der Waals surface area contributed by atoms with Crippen LogP contribution >= 0.6 is 0 Å². The molecule has 5 rings (SSSR count). The Balaban J connectivity index is 1.27. The van der Waals surface area contributed by atoms with Crippen LogP contribution in [0.1, 0.15) is 5.56 Å². The monoisotopic (exact) mass is 437 g/mol. The van der Waals surface area contributed by atoms with Gasteiger partial charge in [0, 0.05) is 37.4 Å². The Bertz CT molecular complexity index is 1260.